The Kier molecular flexibility index (Phi) is 6.22. The van der Waals surface area contributed by atoms with Gasteiger partial charge >= 0.3 is 0 Å². The van der Waals surface area contributed by atoms with E-state index in [9.17, 15) is 0 Å². The lowest BCUT2D eigenvalue weighted by Gasteiger charge is -2.39. The number of likely N-dealkylation sites (tertiary alicyclic amines) is 1. The van der Waals surface area contributed by atoms with Crippen LogP contribution in [0.15, 0.2) is 42.7 Å². The third-order valence-electron chi connectivity index (χ3n) is 5.87. The van der Waals surface area contributed by atoms with Gasteiger partial charge in [0.1, 0.15) is 11.9 Å². The highest BCUT2D eigenvalue weighted by Crippen LogP contribution is 2.28. The Labute approximate surface area is 162 Å². The van der Waals surface area contributed by atoms with Gasteiger partial charge in [0.05, 0.1) is 0 Å². The maximum Gasteiger partial charge on any atom is 0.139 e. The smallest absolute Gasteiger partial charge is 0.139 e. The number of aromatic nitrogens is 2. The SMILES string of the molecule is CCn1ccnc1[C@H]1OCCC[C@@H]1N[C@@H]1CCCN(Cc2ccccc2)C1. The maximum atomic E-state index is 6.18. The molecule has 0 saturated carbocycles. The molecule has 2 aliphatic heterocycles. The van der Waals surface area contributed by atoms with Crippen LogP contribution >= 0.6 is 0 Å². The Morgan fingerprint density at radius 1 is 1.19 bits per heavy atom. The van der Waals surface area contributed by atoms with Crippen LogP contribution < -0.4 is 5.32 Å². The lowest BCUT2D eigenvalue weighted by Crippen LogP contribution is -2.52. The first kappa shape index (κ1) is 18.7. The van der Waals surface area contributed by atoms with E-state index in [0.29, 0.717) is 12.1 Å². The van der Waals surface area contributed by atoms with Gasteiger partial charge in [0.2, 0.25) is 0 Å². The van der Waals surface area contributed by atoms with Crippen LogP contribution in [0, 0.1) is 0 Å². The summed E-state index contributed by atoms with van der Waals surface area (Å²) in [6.07, 6.45) is 8.82. The quantitative estimate of drug-likeness (QED) is 0.849. The van der Waals surface area contributed by atoms with Crippen molar-refractivity contribution < 1.29 is 4.74 Å². The Bertz CT molecular complexity index is 701. The summed E-state index contributed by atoms with van der Waals surface area (Å²) in [4.78, 5) is 7.20. The largest absolute Gasteiger partial charge is 0.369 e. The molecule has 0 amide bonds. The fourth-order valence-corrected chi connectivity index (χ4v) is 4.53. The van der Waals surface area contributed by atoms with Crippen LogP contribution in [-0.4, -0.2) is 46.2 Å². The van der Waals surface area contributed by atoms with Gasteiger partial charge in [-0.1, -0.05) is 30.3 Å². The number of hydrogen-bond acceptors (Lipinski definition) is 4. The minimum Gasteiger partial charge on any atom is -0.369 e. The summed E-state index contributed by atoms with van der Waals surface area (Å²) in [5.41, 5.74) is 1.40. The van der Waals surface area contributed by atoms with Gasteiger partial charge in [0, 0.05) is 50.7 Å². The normalized spacial score (nSPS) is 26.9. The topological polar surface area (TPSA) is 42.3 Å². The van der Waals surface area contributed by atoms with Crippen LogP contribution in [0.5, 0.6) is 0 Å². The van der Waals surface area contributed by atoms with Crippen LogP contribution in [0.25, 0.3) is 0 Å². The van der Waals surface area contributed by atoms with Crippen LogP contribution in [0.1, 0.15) is 50.1 Å². The van der Waals surface area contributed by atoms with Crippen molar-refractivity contribution in [3.8, 4) is 0 Å². The maximum absolute atomic E-state index is 6.18. The third kappa shape index (κ3) is 4.60. The summed E-state index contributed by atoms with van der Waals surface area (Å²) in [6, 6.07) is 11.7. The second kappa shape index (κ2) is 9.00. The Morgan fingerprint density at radius 3 is 2.93 bits per heavy atom. The standard InChI is InChI=1S/C22H32N4O/c1-2-26-14-12-23-22(26)21-20(11-7-15-27-21)24-19-10-6-13-25(17-19)16-18-8-4-3-5-9-18/h3-5,8-9,12,14,19-21,24H,2,6-7,10-11,13,15-17H2,1H3/t19-,20+,21+/m1/s1. The van der Waals surface area contributed by atoms with Crippen LogP contribution in [0.3, 0.4) is 0 Å². The van der Waals surface area contributed by atoms with Crippen molar-refractivity contribution in [2.24, 2.45) is 0 Å². The minimum absolute atomic E-state index is 0.0678. The number of ether oxygens (including phenoxy) is 1. The summed E-state index contributed by atoms with van der Waals surface area (Å²) in [5.74, 6) is 1.08. The van der Waals surface area contributed by atoms with Gasteiger partial charge in [-0.25, -0.2) is 4.98 Å². The second-order valence-electron chi connectivity index (χ2n) is 7.84. The molecule has 1 aromatic carbocycles. The molecule has 27 heavy (non-hydrogen) atoms. The third-order valence-corrected chi connectivity index (χ3v) is 5.87. The van der Waals surface area contributed by atoms with Crippen molar-refractivity contribution >= 4 is 0 Å². The highest BCUT2D eigenvalue weighted by Gasteiger charge is 2.33. The lowest BCUT2D eigenvalue weighted by molar-refractivity contribution is -0.0236. The molecule has 0 bridgehead atoms. The molecule has 146 valence electrons. The van der Waals surface area contributed by atoms with E-state index < -0.39 is 0 Å². The summed E-state index contributed by atoms with van der Waals surface area (Å²) in [7, 11) is 0. The predicted octanol–water partition coefficient (Wildman–Crippen LogP) is 3.38. The van der Waals surface area contributed by atoms with E-state index in [4.69, 9.17) is 4.74 Å². The molecule has 2 aliphatic rings. The van der Waals surface area contributed by atoms with Gasteiger partial charge in [0.15, 0.2) is 0 Å². The van der Waals surface area contributed by atoms with Crippen LogP contribution in [-0.2, 0) is 17.8 Å². The van der Waals surface area contributed by atoms with Gasteiger partial charge in [-0.05, 0) is 44.7 Å². The molecule has 3 heterocycles. The summed E-state index contributed by atoms with van der Waals surface area (Å²) in [6.45, 7) is 7.29. The molecule has 2 fully saturated rings. The first-order chi connectivity index (χ1) is 13.3. The first-order valence-electron chi connectivity index (χ1n) is 10.5. The molecule has 5 heteroatoms. The molecule has 1 aromatic heterocycles. The van der Waals surface area contributed by atoms with E-state index in [2.05, 4.69) is 63.2 Å². The monoisotopic (exact) mass is 368 g/mol. The fraction of sp³-hybridized carbons (Fsp3) is 0.591. The van der Waals surface area contributed by atoms with Crippen molar-refractivity contribution in [1.82, 2.24) is 19.8 Å². The Balaban J connectivity index is 1.39. The van der Waals surface area contributed by atoms with Gasteiger partial charge in [0.25, 0.3) is 0 Å². The molecule has 3 atom stereocenters. The molecule has 0 spiro atoms. The van der Waals surface area contributed by atoms with E-state index >= 15 is 0 Å². The van der Waals surface area contributed by atoms with Crippen molar-refractivity contribution in [2.75, 3.05) is 19.7 Å². The molecule has 0 aliphatic carbocycles. The molecule has 0 unspecified atom stereocenters. The summed E-state index contributed by atoms with van der Waals surface area (Å²) in [5, 5.41) is 3.94. The number of benzene rings is 1. The van der Waals surface area contributed by atoms with Gasteiger partial charge < -0.3 is 14.6 Å². The van der Waals surface area contributed by atoms with Crippen molar-refractivity contribution in [2.45, 2.75) is 63.9 Å². The van der Waals surface area contributed by atoms with Crippen molar-refractivity contribution in [3.05, 3.63) is 54.1 Å². The van der Waals surface area contributed by atoms with Crippen molar-refractivity contribution in [3.63, 3.8) is 0 Å². The molecular formula is C22H32N4O. The number of hydrogen-bond donors (Lipinski definition) is 1. The number of nitrogens with zero attached hydrogens (tertiary/aromatic N) is 3. The Morgan fingerprint density at radius 2 is 2.07 bits per heavy atom. The number of imidazole rings is 1. The van der Waals surface area contributed by atoms with Gasteiger partial charge in [-0.15, -0.1) is 0 Å². The minimum atomic E-state index is 0.0678. The highest BCUT2D eigenvalue weighted by atomic mass is 16.5. The van der Waals surface area contributed by atoms with E-state index in [-0.39, 0.29) is 6.10 Å². The number of piperidine rings is 1. The molecule has 0 radical (unpaired) electrons. The molecule has 1 N–H and O–H groups in total. The predicted molar refractivity (Wildman–Crippen MR) is 107 cm³/mol. The van der Waals surface area contributed by atoms with Gasteiger partial charge in [-0.2, -0.15) is 0 Å². The number of aryl methyl sites for hydroxylation is 1. The highest BCUT2D eigenvalue weighted by molar-refractivity contribution is 5.14. The van der Waals surface area contributed by atoms with Crippen LogP contribution in [0.2, 0.25) is 0 Å². The zero-order valence-electron chi connectivity index (χ0n) is 16.4. The summed E-state index contributed by atoms with van der Waals surface area (Å²) < 4.78 is 8.40. The molecule has 2 saturated heterocycles. The second-order valence-corrected chi connectivity index (χ2v) is 7.84. The van der Waals surface area contributed by atoms with Crippen LogP contribution in [0.4, 0.5) is 0 Å². The Hall–Kier alpha value is -1.69. The molecule has 2 aromatic rings. The molecule has 4 rings (SSSR count). The first-order valence-corrected chi connectivity index (χ1v) is 10.5. The fourth-order valence-electron chi connectivity index (χ4n) is 4.53. The zero-order chi connectivity index (χ0) is 18.5. The lowest BCUT2D eigenvalue weighted by atomic mass is 9.97. The van der Waals surface area contributed by atoms with E-state index in [1.54, 1.807) is 0 Å². The van der Waals surface area contributed by atoms with E-state index in [0.717, 1.165) is 44.9 Å². The molecular weight excluding hydrogens is 336 g/mol. The van der Waals surface area contributed by atoms with Gasteiger partial charge in [-0.3, -0.25) is 4.90 Å². The van der Waals surface area contributed by atoms with E-state index in [1.165, 1.54) is 24.9 Å². The zero-order valence-corrected chi connectivity index (χ0v) is 16.4. The number of rotatable bonds is 6. The van der Waals surface area contributed by atoms with Crippen molar-refractivity contribution in [1.29, 1.82) is 0 Å². The number of nitrogens with one attached hydrogen (secondary N) is 1. The average molecular weight is 369 g/mol. The average Bonchev–Trinajstić information content (AvgIpc) is 3.18. The molecule has 5 nitrogen and oxygen atoms in total. The van der Waals surface area contributed by atoms with E-state index in [1.807, 2.05) is 6.20 Å². The summed E-state index contributed by atoms with van der Waals surface area (Å²) >= 11 is 0.